The SMILES string of the molecule is CC(=O)N(C)C(c1ccccc1)c1cc(C)ccc1C. The van der Waals surface area contributed by atoms with Crippen molar-refractivity contribution in [2.75, 3.05) is 7.05 Å². The molecule has 2 nitrogen and oxygen atoms in total. The van der Waals surface area contributed by atoms with Gasteiger partial charge in [0.15, 0.2) is 0 Å². The molecular formula is C18H21NO. The molecule has 0 aromatic heterocycles. The largest absolute Gasteiger partial charge is 0.335 e. The third-order valence-corrected chi connectivity index (χ3v) is 3.73. The molecule has 2 aromatic rings. The molecule has 0 N–H and O–H groups in total. The van der Waals surface area contributed by atoms with Crippen molar-refractivity contribution in [2.24, 2.45) is 0 Å². The van der Waals surface area contributed by atoms with Crippen LogP contribution in [0.3, 0.4) is 0 Å². The van der Waals surface area contributed by atoms with Gasteiger partial charge in [-0.2, -0.15) is 0 Å². The standard InChI is InChI=1S/C18H21NO/c1-13-10-11-14(2)17(12-13)18(19(4)15(3)20)16-8-6-5-7-9-16/h5-12,18H,1-4H3. The summed E-state index contributed by atoms with van der Waals surface area (Å²) in [5.41, 5.74) is 4.74. The van der Waals surface area contributed by atoms with Gasteiger partial charge in [0, 0.05) is 14.0 Å². The lowest BCUT2D eigenvalue weighted by Gasteiger charge is -2.29. The minimum absolute atomic E-state index is 0.0337. The number of amides is 1. The number of hydrogen-bond donors (Lipinski definition) is 0. The monoisotopic (exact) mass is 267 g/mol. The molecule has 0 heterocycles. The Morgan fingerprint density at radius 3 is 2.30 bits per heavy atom. The minimum Gasteiger partial charge on any atom is -0.335 e. The molecule has 2 aromatic carbocycles. The van der Waals surface area contributed by atoms with Gasteiger partial charge in [-0.3, -0.25) is 4.79 Å². The number of carbonyl (C=O) groups is 1. The van der Waals surface area contributed by atoms with Crippen LogP contribution < -0.4 is 0 Å². The van der Waals surface area contributed by atoms with Gasteiger partial charge in [0.25, 0.3) is 0 Å². The molecule has 0 bridgehead atoms. The number of aryl methyl sites for hydroxylation is 2. The second kappa shape index (κ2) is 5.91. The molecule has 2 rings (SSSR count). The van der Waals surface area contributed by atoms with Gasteiger partial charge in [-0.05, 0) is 30.5 Å². The fourth-order valence-electron chi connectivity index (χ4n) is 2.48. The van der Waals surface area contributed by atoms with Crippen LogP contribution in [0.1, 0.15) is 35.2 Å². The zero-order valence-corrected chi connectivity index (χ0v) is 12.6. The normalized spacial score (nSPS) is 12.0. The number of benzene rings is 2. The molecule has 0 saturated heterocycles. The molecule has 0 fully saturated rings. The van der Waals surface area contributed by atoms with Crippen molar-refractivity contribution < 1.29 is 4.79 Å². The van der Waals surface area contributed by atoms with Gasteiger partial charge >= 0.3 is 0 Å². The van der Waals surface area contributed by atoms with Crippen LogP contribution in [0.25, 0.3) is 0 Å². The predicted molar refractivity (Wildman–Crippen MR) is 82.6 cm³/mol. The molecule has 20 heavy (non-hydrogen) atoms. The van der Waals surface area contributed by atoms with Crippen LogP contribution in [0, 0.1) is 13.8 Å². The van der Waals surface area contributed by atoms with Gasteiger partial charge in [0.05, 0.1) is 6.04 Å². The third kappa shape index (κ3) is 2.90. The van der Waals surface area contributed by atoms with Crippen molar-refractivity contribution in [3.63, 3.8) is 0 Å². The van der Waals surface area contributed by atoms with Crippen LogP contribution in [-0.2, 0) is 4.79 Å². The predicted octanol–water partition coefficient (Wildman–Crippen LogP) is 3.87. The summed E-state index contributed by atoms with van der Waals surface area (Å²) in [6, 6.07) is 16.5. The average molecular weight is 267 g/mol. The molecular weight excluding hydrogens is 246 g/mol. The molecule has 1 atom stereocenters. The Bertz CT molecular complexity index is 604. The van der Waals surface area contributed by atoms with Gasteiger partial charge in [-0.1, -0.05) is 54.1 Å². The van der Waals surface area contributed by atoms with Crippen molar-refractivity contribution in [1.29, 1.82) is 0 Å². The highest BCUT2D eigenvalue weighted by Crippen LogP contribution is 2.30. The Kier molecular flexibility index (Phi) is 4.23. The fraction of sp³-hybridized carbons (Fsp3) is 0.278. The second-order valence-electron chi connectivity index (χ2n) is 5.30. The molecule has 2 heteroatoms. The van der Waals surface area contributed by atoms with E-state index in [0.29, 0.717) is 0 Å². The summed E-state index contributed by atoms with van der Waals surface area (Å²) >= 11 is 0. The Morgan fingerprint density at radius 1 is 1.05 bits per heavy atom. The maximum absolute atomic E-state index is 11.9. The molecule has 0 spiro atoms. The first-order chi connectivity index (χ1) is 9.50. The highest BCUT2D eigenvalue weighted by atomic mass is 16.2. The summed E-state index contributed by atoms with van der Waals surface area (Å²) in [5, 5.41) is 0. The Balaban J connectivity index is 2.57. The van der Waals surface area contributed by atoms with E-state index in [2.05, 4.69) is 44.2 Å². The molecule has 0 radical (unpaired) electrons. The quantitative estimate of drug-likeness (QED) is 0.826. The molecule has 0 aliphatic heterocycles. The summed E-state index contributed by atoms with van der Waals surface area (Å²) in [6.07, 6.45) is 0. The van der Waals surface area contributed by atoms with E-state index in [1.54, 1.807) is 11.8 Å². The zero-order chi connectivity index (χ0) is 14.7. The minimum atomic E-state index is -0.0337. The lowest BCUT2D eigenvalue weighted by Crippen LogP contribution is -2.30. The van der Waals surface area contributed by atoms with Crippen molar-refractivity contribution in [3.05, 3.63) is 70.8 Å². The van der Waals surface area contributed by atoms with Crippen molar-refractivity contribution in [1.82, 2.24) is 4.90 Å². The topological polar surface area (TPSA) is 20.3 Å². The van der Waals surface area contributed by atoms with Crippen LogP contribution in [0.15, 0.2) is 48.5 Å². The van der Waals surface area contributed by atoms with Gasteiger partial charge in [0.2, 0.25) is 5.91 Å². The number of rotatable bonds is 3. The summed E-state index contributed by atoms with van der Waals surface area (Å²) < 4.78 is 0. The smallest absolute Gasteiger partial charge is 0.219 e. The van der Waals surface area contributed by atoms with E-state index in [1.165, 1.54) is 16.7 Å². The Labute approximate surface area is 121 Å². The molecule has 0 aliphatic carbocycles. The molecule has 0 saturated carbocycles. The van der Waals surface area contributed by atoms with Crippen molar-refractivity contribution in [3.8, 4) is 0 Å². The summed E-state index contributed by atoms with van der Waals surface area (Å²) in [7, 11) is 1.86. The van der Waals surface area contributed by atoms with Gasteiger partial charge in [0.1, 0.15) is 0 Å². The van der Waals surface area contributed by atoms with Crippen molar-refractivity contribution in [2.45, 2.75) is 26.8 Å². The van der Waals surface area contributed by atoms with Crippen molar-refractivity contribution >= 4 is 5.91 Å². The second-order valence-corrected chi connectivity index (χ2v) is 5.30. The first-order valence-electron chi connectivity index (χ1n) is 6.86. The third-order valence-electron chi connectivity index (χ3n) is 3.73. The van der Waals surface area contributed by atoms with E-state index in [1.807, 2.05) is 25.2 Å². The average Bonchev–Trinajstić information content (AvgIpc) is 2.44. The van der Waals surface area contributed by atoms with Gasteiger partial charge < -0.3 is 4.90 Å². The zero-order valence-electron chi connectivity index (χ0n) is 12.6. The van der Waals surface area contributed by atoms with Gasteiger partial charge in [-0.15, -0.1) is 0 Å². The van der Waals surface area contributed by atoms with E-state index in [9.17, 15) is 4.79 Å². The van der Waals surface area contributed by atoms with Crippen LogP contribution in [-0.4, -0.2) is 17.9 Å². The van der Waals surface area contributed by atoms with Crippen LogP contribution >= 0.6 is 0 Å². The number of nitrogens with zero attached hydrogens (tertiary/aromatic N) is 1. The van der Waals surface area contributed by atoms with Crippen LogP contribution in [0.2, 0.25) is 0 Å². The Hall–Kier alpha value is -2.09. The molecule has 104 valence electrons. The summed E-state index contributed by atoms with van der Waals surface area (Å²) in [5.74, 6) is 0.0692. The van der Waals surface area contributed by atoms with Gasteiger partial charge in [-0.25, -0.2) is 0 Å². The fourth-order valence-corrected chi connectivity index (χ4v) is 2.48. The summed E-state index contributed by atoms with van der Waals surface area (Å²) in [4.78, 5) is 13.7. The highest BCUT2D eigenvalue weighted by molar-refractivity contribution is 5.74. The van der Waals surface area contributed by atoms with E-state index in [0.717, 1.165) is 5.56 Å². The molecule has 1 unspecified atom stereocenters. The Morgan fingerprint density at radius 2 is 1.70 bits per heavy atom. The number of carbonyl (C=O) groups excluding carboxylic acids is 1. The molecule has 0 aliphatic rings. The van der Waals surface area contributed by atoms with Crippen LogP contribution in [0.5, 0.6) is 0 Å². The van der Waals surface area contributed by atoms with E-state index < -0.39 is 0 Å². The lowest BCUT2D eigenvalue weighted by atomic mass is 9.92. The van der Waals surface area contributed by atoms with E-state index >= 15 is 0 Å². The highest BCUT2D eigenvalue weighted by Gasteiger charge is 2.22. The maximum atomic E-state index is 11.9. The van der Waals surface area contributed by atoms with E-state index in [4.69, 9.17) is 0 Å². The molecule has 1 amide bonds. The lowest BCUT2D eigenvalue weighted by molar-refractivity contribution is -0.129. The first kappa shape index (κ1) is 14.3. The summed E-state index contributed by atoms with van der Waals surface area (Å²) in [6.45, 7) is 5.79. The first-order valence-corrected chi connectivity index (χ1v) is 6.86. The van der Waals surface area contributed by atoms with E-state index in [-0.39, 0.29) is 11.9 Å². The van der Waals surface area contributed by atoms with Crippen LogP contribution in [0.4, 0.5) is 0 Å². The maximum Gasteiger partial charge on any atom is 0.219 e. The number of hydrogen-bond acceptors (Lipinski definition) is 1.